The van der Waals surface area contributed by atoms with Crippen LogP contribution in [0.2, 0.25) is 0 Å². The molecule has 0 aliphatic carbocycles. The van der Waals surface area contributed by atoms with Crippen molar-refractivity contribution < 1.29 is 9.72 Å². The first-order chi connectivity index (χ1) is 10.1. The van der Waals surface area contributed by atoms with E-state index in [2.05, 4.69) is 15.2 Å². The molecule has 1 saturated heterocycles. The maximum absolute atomic E-state index is 12.0. The maximum atomic E-state index is 12.0. The van der Waals surface area contributed by atoms with Gasteiger partial charge >= 0.3 is 0 Å². The van der Waals surface area contributed by atoms with Gasteiger partial charge in [-0.2, -0.15) is 0 Å². The van der Waals surface area contributed by atoms with Crippen LogP contribution in [0.25, 0.3) is 0 Å². The van der Waals surface area contributed by atoms with Crippen LogP contribution in [0.15, 0.2) is 12.3 Å². The van der Waals surface area contributed by atoms with Gasteiger partial charge < -0.3 is 16.0 Å². The molecule has 1 aliphatic heterocycles. The van der Waals surface area contributed by atoms with Gasteiger partial charge in [0.15, 0.2) is 0 Å². The Morgan fingerprint density at radius 3 is 2.81 bits per heavy atom. The fourth-order valence-corrected chi connectivity index (χ4v) is 2.35. The van der Waals surface area contributed by atoms with Crippen molar-refractivity contribution in [1.82, 2.24) is 15.2 Å². The highest BCUT2D eigenvalue weighted by atomic mass is 16.6. The van der Waals surface area contributed by atoms with Gasteiger partial charge in [-0.3, -0.25) is 14.9 Å². The molecule has 1 aliphatic rings. The van der Waals surface area contributed by atoms with Crippen LogP contribution >= 0.6 is 0 Å². The first kappa shape index (κ1) is 15.2. The SMILES string of the molecule is Nc1ncc([N+](=O)[O-])cc1C(=O)NCCN1CCCCC1. The van der Waals surface area contributed by atoms with Crippen LogP contribution in [-0.2, 0) is 0 Å². The molecular formula is C13H19N5O3. The number of nitrogens with one attached hydrogen (secondary N) is 1. The Kier molecular flexibility index (Phi) is 5.04. The summed E-state index contributed by atoms with van der Waals surface area (Å²) in [5.41, 5.74) is 5.40. The molecule has 114 valence electrons. The lowest BCUT2D eigenvalue weighted by Crippen LogP contribution is -2.37. The molecule has 1 amide bonds. The molecule has 0 unspecified atom stereocenters. The number of hydrogen-bond acceptors (Lipinski definition) is 6. The maximum Gasteiger partial charge on any atom is 0.288 e. The minimum atomic E-state index is -0.600. The number of anilines is 1. The summed E-state index contributed by atoms with van der Waals surface area (Å²) in [4.78, 5) is 28.1. The molecule has 2 rings (SSSR count). The first-order valence-electron chi connectivity index (χ1n) is 6.98. The smallest absolute Gasteiger partial charge is 0.288 e. The van der Waals surface area contributed by atoms with Crippen LogP contribution in [0, 0.1) is 10.1 Å². The van der Waals surface area contributed by atoms with Gasteiger partial charge in [-0.15, -0.1) is 0 Å². The molecule has 21 heavy (non-hydrogen) atoms. The number of hydrogen-bond donors (Lipinski definition) is 2. The molecule has 2 heterocycles. The van der Waals surface area contributed by atoms with Crippen LogP contribution in [0.1, 0.15) is 29.6 Å². The van der Waals surface area contributed by atoms with Crippen LogP contribution < -0.4 is 11.1 Å². The molecule has 1 fully saturated rings. The molecule has 8 heteroatoms. The number of nitrogens with zero attached hydrogens (tertiary/aromatic N) is 3. The second-order valence-corrected chi connectivity index (χ2v) is 5.04. The number of aromatic nitrogens is 1. The van der Waals surface area contributed by atoms with Crippen molar-refractivity contribution in [1.29, 1.82) is 0 Å². The van der Waals surface area contributed by atoms with Crippen LogP contribution in [0.5, 0.6) is 0 Å². The Balaban J connectivity index is 1.90. The molecule has 0 radical (unpaired) electrons. The van der Waals surface area contributed by atoms with E-state index in [9.17, 15) is 14.9 Å². The normalized spacial score (nSPS) is 15.6. The minimum absolute atomic E-state index is 0.00364. The van der Waals surface area contributed by atoms with Crippen LogP contribution in [0.4, 0.5) is 11.5 Å². The Morgan fingerprint density at radius 1 is 1.43 bits per heavy atom. The summed E-state index contributed by atoms with van der Waals surface area (Å²) in [5, 5.41) is 13.4. The van der Waals surface area contributed by atoms with Crippen molar-refractivity contribution in [2.75, 3.05) is 31.9 Å². The fourth-order valence-electron chi connectivity index (χ4n) is 2.35. The number of piperidine rings is 1. The van der Waals surface area contributed by atoms with Gasteiger partial charge in [0.25, 0.3) is 11.6 Å². The molecule has 1 aromatic rings. The number of nitro groups is 1. The van der Waals surface area contributed by atoms with Crippen molar-refractivity contribution in [3.05, 3.63) is 27.9 Å². The van der Waals surface area contributed by atoms with Crippen molar-refractivity contribution in [2.24, 2.45) is 0 Å². The van der Waals surface area contributed by atoms with E-state index in [1.807, 2.05) is 0 Å². The summed E-state index contributed by atoms with van der Waals surface area (Å²) in [6.45, 7) is 3.36. The summed E-state index contributed by atoms with van der Waals surface area (Å²) < 4.78 is 0. The zero-order chi connectivity index (χ0) is 15.2. The lowest BCUT2D eigenvalue weighted by molar-refractivity contribution is -0.385. The van der Waals surface area contributed by atoms with Gasteiger partial charge in [-0.1, -0.05) is 6.42 Å². The Bertz CT molecular complexity index is 529. The summed E-state index contributed by atoms with van der Waals surface area (Å²) in [6.07, 6.45) is 4.68. The Hall–Kier alpha value is -2.22. The summed E-state index contributed by atoms with van der Waals surface area (Å²) in [6, 6.07) is 1.15. The summed E-state index contributed by atoms with van der Waals surface area (Å²) in [5.74, 6) is -0.434. The second kappa shape index (κ2) is 6.98. The second-order valence-electron chi connectivity index (χ2n) is 5.04. The highest BCUT2D eigenvalue weighted by molar-refractivity contribution is 5.98. The van der Waals surface area contributed by atoms with E-state index >= 15 is 0 Å². The average Bonchev–Trinajstić information content (AvgIpc) is 2.48. The molecule has 0 aromatic carbocycles. The number of likely N-dealkylation sites (tertiary alicyclic amines) is 1. The van der Waals surface area contributed by atoms with E-state index in [0.717, 1.165) is 31.9 Å². The molecular weight excluding hydrogens is 274 g/mol. The average molecular weight is 293 g/mol. The van der Waals surface area contributed by atoms with Crippen molar-refractivity contribution >= 4 is 17.4 Å². The highest BCUT2D eigenvalue weighted by Gasteiger charge is 2.17. The topological polar surface area (TPSA) is 114 Å². The van der Waals surface area contributed by atoms with E-state index in [-0.39, 0.29) is 17.1 Å². The van der Waals surface area contributed by atoms with Crippen LogP contribution in [-0.4, -0.2) is 46.9 Å². The minimum Gasteiger partial charge on any atom is -0.383 e. The molecule has 0 bridgehead atoms. The van der Waals surface area contributed by atoms with Gasteiger partial charge in [0.2, 0.25) is 0 Å². The number of carbonyl (C=O) groups is 1. The van der Waals surface area contributed by atoms with Crippen molar-refractivity contribution in [3.63, 3.8) is 0 Å². The largest absolute Gasteiger partial charge is 0.383 e. The number of rotatable bonds is 5. The van der Waals surface area contributed by atoms with Gasteiger partial charge in [0.1, 0.15) is 12.0 Å². The van der Waals surface area contributed by atoms with Crippen LogP contribution in [0.3, 0.4) is 0 Å². The summed E-state index contributed by atoms with van der Waals surface area (Å²) in [7, 11) is 0. The zero-order valence-electron chi connectivity index (χ0n) is 11.7. The molecule has 0 spiro atoms. The quantitative estimate of drug-likeness (QED) is 0.612. The van der Waals surface area contributed by atoms with E-state index < -0.39 is 10.8 Å². The molecule has 0 atom stereocenters. The van der Waals surface area contributed by atoms with Gasteiger partial charge in [-0.05, 0) is 25.9 Å². The van der Waals surface area contributed by atoms with E-state index in [1.165, 1.54) is 19.3 Å². The Labute approximate surface area is 122 Å². The third-order valence-electron chi connectivity index (χ3n) is 3.52. The number of nitrogen functional groups attached to an aromatic ring is 1. The third-order valence-corrected chi connectivity index (χ3v) is 3.52. The third kappa shape index (κ3) is 4.12. The van der Waals surface area contributed by atoms with E-state index in [4.69, 9.17) is 5.73 Å². The van der Waals surface area contributed by atoms with Gasteiger partial charge in [-0.25, -0.2) is 4.98 Å². The number of pyridine rings is 1. The highest BCUT2D eigenvalue weighted by Crippen LogP contribution is 2.16. The first-order valence-corrected chi connectivity index (χ1v) is 6.98. The lowest BCUT2D eigenvalue weighted by Gasteiger charge is -2.26. The number of carbonyl (C=O) groups excluding carboxylic acids is 1. The zero-order valence-corrected chi connectivity index (χ0v) is 11.7. The molecule has 0 saturated carbocycles. The van der Waals surface area contributed by atoms with Gasteiger partial charge in [0, 0.05) is 19.2 Å². The predicted molar refractivity (Wildman–Crippen MR) is 77.9 cm³/mol. The fraction of sp³-hybridized carbons (Fsp3) is 0.538. The van der Waals surface area contributed by atoms with Gasteiger partial charge in [0.05, 0.1) is 10.5 Å². The Morgan fingerprint density at radius 2 is 2.14 bits per heavy atom. The molecule has 3 N–H and O–H groups in total. The molecule has 8 nitrogen and oxygen atoms in total. The van der Waals surface area contributed by atoms with E-state index in [0.29, 0.717) is 6.54 Å². The number of amides is 1. The summed E-state index contributed by atoms with van der Waals surface area (Å²) >= 11 is 0. The standard InChI is InChI=1S/C13H19N5O3/c14-12-11(8-10(9-16-12)18(20)21)13(19)15-4-7-17-5-2-1-3-6-17/h8-9H,1-7H2,(H2,14,16)(H,15,19). The lowest BCUT2D eigenvalue weighted by atomic mass is 10.1. The van der Waals surface area contributed by atoms with E-state index in [1.54, 1.807) is 0 Å². The van der Waals surface area contributed by atoms with Crippen molar-refractivity contribution in [3.8, 4) is 0 Å². The molecule has 1 aromatic heterocycles. The predicted octanol–water partition coefficient (Wildman–Crippen LogP) is 0.788. The van der Waals surface area contributed by atoms with Crippen molar-refractivity contribution in [2.45, 2.75) is 19.3 Å². The number of nitrogens with two attached hydrogens (primary N) is 1. The monoisotopic (exact) mass is 293 g/mol.